The van der Waals surface area contributed by atoms with Gasteiger partial charge in [-0.15, -0.1) is 0 Å². The van der Waals surface area contributed by atoms with Crippen LogP contribution >= 0.6 is 0 Å². The van der Waals surface area contributed by atoms with Crippen LogP contribution in [0.15, 0.2) is 41.1 Å². The van der Waals surface area contributed by atoms with Crippen LogP contribution in [0.5, 0.6) is 0 Å². The number of aliphatic imine (C=N–C) groups is 1. The average molecular weight is 175 g/mol. The largest absolute Gasteiger partial charge is 0.269 e. The fourth-order valence-electron chi connectivity index (χ4n) is 1.59. The first-order valence-corrected chi connectivity index (χ1v) is 4.87. The van der Waals surface area contributed by atoms with Crippen LogP contribution in [0, 0.1) is 0 Å². The second kappa shape index (κ2) is 5.52. The monoisotopic (exact) mass is 175 g/mol. The van der Waals surface area contributed by atoms with Crippen LogP contribution in [-0.2, 0) is 0 Å². The van der Waals surface area contributed by atoms with Gasteiger partial charge < -0.3 is 0 Å². The van der Waals surface area contributed by atoms with Crippen molar-refractivity contribution in [3.8, 4) is 0 Å². The molecule has 0 aliphatic heterocycles. The Labute approximate surface area is 80.6 Å². The quantitative estimate of drug-likeness (QED) is 0.581. The molecule has 0 aromatic heterocycles. The lowest BCUT2D eigenvalue weighted by Gasteiger charge is -2.14. The Morgan fingerprint density at radius 2 is 1.92 bits per heavy atom. The van der Waals surface area contributed by atoms with E-state index in [2.05, 4.69) is 17.6 Å². The summed E-state index contributed by atoms with van der Waals surface area (Å²) in [5.74, 6) is 0. The summed E-state index contributed by atoms with van der Waals surface area (Å²) in [6, 6.07) is 0. The Bertz CT molecular complexity index is 256. The molecule has 1 aliphatic carbocycles. The highest BCUT2D eigenvalue weighted by atomic mass is 14.6. The molecule has 1 nitrogen and oxygen atoms in total. The van der Waals surface area contributed by atoms with Crippen molar-refractivity contribution in [3.63, 3.8) is 0 Å². The minimum absolute atomic E-state index is 1.18. The third-order valence-electron chi connectivity index (χ3n) is 2.31. The fraction of sp³-hybridized carbons (Fsp3) is 0.417. The van der Waals surface area contributed by atoms with Gasteiger partial charge in [-0.25, -0.2) is 0 Å². The minimum atomic E-state index is 1.18. The lowest BCUT2D eigenvalue weighted by atomic mass is 9.92. The van der Waals surface area contributed by atoms with Crippen molar-refractivity contribution in [1.29, 1.82) is 0 Å². The van der Waals surface area contributed by atoms with Gasteiger partial charge in [0.2, 0.25) is 0 Å². The lowest BCUT2D eigenvalue weighted by Crippen LogP contribution is -1.95. The van der Waals surface area contributed by atoms with E-state index in [1.807, 2.05) is 19.2 Å². The number of hydrogen-bond donors (Lipinski definition) is 0. The maximum Gasteiger partial charge on any atom is 0.0266 e. The first-order valence-electron chi connectivity index (χ1n) is 4.87. The lowest BCUT2D eigenvalue weighted by molar-refractivity contribution is 0.693. The molecule has 1 rings (SSSR count). The Kier molecular flexibility index (Phi) is 4.24. The summed E-state index contributed by atoms with van der Waals surface area (Å²) >= 11 is 0. The van der Waals surface area contributed by atoms with Crippen LogP contribution in [-0.4, -0.2) is 6.21 Å². The predicted molar refractivity (Wildman–Crippen MR) is 59.0 cm³/mol. The minimum Gasteiger partial charge on any atom is -0.269 e. The molecular weight excluding hydrogens is 158 g/mol. The van der Waals surface area contributed by atoms with Gasteiger partial charge in [0.1, 0.15) is 0 Å². The van der Waals surface area contributed by atoms with Gasteiger partial charge in [0.15, 0.2) is 0 Å². The zero-order chi connectivity index (χ0) is 9.52. The summed E-state index contributed by atoms with van der Waals surface area (Å²) in [5, 5.41) is 0. The molecule has 1 heteroatoms. The molecule has 0 atom stereocenters. The van der Waals surface area contributed by atoms with Crippen molar-refractivity contribution in [2.75, 3.05) is 0 Å². The Morgan fingerprint density at radius 1 is 1.23 bits per heavy atom. The first-order chi connectivity index (χ1) is 6.38. The maximum atomic E-state index is 4.06. The van der Waals surface area contributed by atoms with Crippen LogP contribution in [0.3, 0.4) is 0 Å². The molecule has 0 unspecified atom stereocenters. The van der Waals surface area contributed by atoms with E-state index in [4.69, 9.17) is 0 Å². The van der Waals surface area contributed by atoms with Gasteiger partial charge in [0.05, 0.1) is 0 Å². The topological polar surface area (TPSA) is 12.4 Å². The van der Waals surface area contributed by atoms with E-state index in [0.29, 0.717) is 0 Å². The standard InChI is InChI=1S/C12H17N/c1-3-11-7-5-6-8-12(11)9-10-13-4-2/h3-4,9-10H,1,5-8H2,2H3/b10-9-,13-4?. The van der Waals surface area contributed by atoms with Crippen LogP contribution in [0.1, 0.15) is 32.6 Å². The zero-order valence-corrected chi connectivity index (χ0v) is 8.29. The Morgan fingerprint density at radius 3 is 2.54 bits per heavy atom. The zero-order valence-electron chi connectivity index (χ0n) is 8.29. The molecule has 0 aromatic carbocycles. The highest BCUT2D eigenvalue weighted by Crippen LogP contribution is 2.25. The normalized spacial score (nSPS) is 18.8. The summed E-state index contributed by atoms with van der Waals surface area (Å²) < 4.78 is 0. The smallest absolute Gasteiger partial charge is 0.0266 e. The van der Waals surface area contributed by atoms with E-state index in [1.165, 1.54) is 36.8 Å². The predicted octanol–water partition coefficient (Wildman–Crippen LogP) is 3.65. The number of rotatable bonds is 3. The summed E-state index contributed by atoms with van der Waals surface area (Å²) in [6.45, 7) is 5.76. The van der Waals surface area contributed by atoms with Crippen LogP contribution in [0.2, 0.25) is 0 Å². The van der Waals surface area contributed by atoms with Gasteiger partial charge in [-0.05, 0) is 49.8 Å². The molecule has 0 radical (unpaired) electrons. The van der Waals surface area contributed by atoms with E-state index in [0.717, 1.165) is 0 Å². The van der Waals surface area contributed by atoms with Crippen molar-refractivity contribution >= 4 is 6.21 Å². The maximum absolute atomic E-state index is 4.06. The van der Waals surface area contributed by atoms with Gasteiger partial charge in [0, 0.05) is 12.4 Å². The van der Waals surface area contributed by atoms with E-state index in [1.54, 1.807) is 6.21 Å². The molecule has 70 valence electrons. The SMILES string of the molecule is C=CC1=C(/C=C\N=CC)CCCC1. The molecule has 0 saturated heterocycles. The number of nitrogens with zero attached hydrogens (tertiary/aromatic N) is 1. The molecule has 0 fully saturated rings. The average Bonchev–Trinajstić information content (AvgIpc) is 2.19. The van der Waals surface area contributed by atoms with E-state index in [9.17, 15) is 0 Å². The molecule has 13 heavy (non-hydrogen) atoms. The highest BCUT2D eigenvalue weighted by Gasteiger charge is 2.06. The molecule has 0 amide bonds. The van der Waals surface area contributed by atoms with Crippen molar-refractivity contribution < 1.29 is 0 Å². The van der Waals surface area contributed by atoms with Crippen molar-refractivity contribution in [2.45, 2.75) is 32.6 Å². The highest BCUT2D eigenvalue weighted by molar-refractivity contribution is 5.54. The second-order valence-corrected chi connectivity index (χ2v) is 3.18. The van der Waals surface area contributed by atoms with Crippen molar-refractivity contribution in [2.24, 2.45) is 4.99 Å². The Hall–Kier alpha value is -1.11. The molecule has 0 bridgehead atoms. The van der Waals surface area contributed by atoms with Gasteiger partial charge in [-0.1, -0.05) is 12.7 Å². The number of allylic oxidation sites excluding steroid dienone is 4. The number of hydrogen-bond acceptors (Lipinski definition) is 1. The molecule has 0 spiro atoms. The molecule has 0 N–H and O–H groups in total. The summed E-state index contributed by atoms with van der Waals surface area (Å²) in [5.41, 5.74) is 2.81. The molecular formula is C12H17N. The van der Waals surface area contributed by atoms with E-state index < -0.39 is 0 Å². The molecule has 0 heterocycles. The Balaban J connectivity index is 2.72. The molecule has 0 saturated carbocycles. The van der Waals surface area contributed by atoms with Crippen molar-refractivity contribution in [3.05, 3.63) is 36.1 Å². The van der Waals surface area contributed by atoms with Gasteiger partial charge >= 0.3 is 0 Å². The van der Waals surface area contributed by atoms with E-state index in [-0.39, 0.29) is 0 Å². The van der Waals surface area contributed by atoms with Gasteiger partial charge in [0.25, 0.3) is 0 Å². The third-order valence-corrected chi connectivity index (χ3v) is 2.31. The van der Waals surface area contributed by atoms with Crippen LogP contribution in [0.4, 0.5) is 0 Å². The summed E-state index contributed by atoms with van der Waals surface area (Å²) in [4.78, 5) is 4.06. The van der Waals surface area contributed by atoms with Gasteiger partial charge in [-0.3, -0.25) is 4.99 Å². The molecule has 0 aromatic rings. The fourth-order valence-corrected chi connectivity index (χ4v) is 1.59. The van der Waals surface area contributed by atoms with E-state index >= 15 is 0 Å². The second-order valence-electron chi connectivity index (χ2n) is 3.18. The first kappa shape index (κ1) is 9.97. The third kappa shape index (κ3) is 3.02. The summed E-state index contributed by atoms with van der Waals surface area (Å²) in [6.07, 6.45) is 12.7. The van der Waals surface area contributed by atoms with Gasteiger partial charge in [-0.2, -0.15) is 0 Å². The summed E-state index contributed by atoms with van der Waals surface area (Å²) in [7, 11) is 0. The van der Waals surface area contributed by atoms with Crippen LogP contribution < -0.4 is 0 Å². The van der Waals surface area contributed by atoms with Crippen LogP contribution in [0.25, 0.3) is 0 Å². The van der Waals surface area contributed by atoms with Crippen molar-refractivity contribution in [1.82, 2.24) is 0 Å². The molecule has 1 aliphatic rings.